The summed E-state index contributed by atoms with van der Waals surface area (Å²) in [6.07, 6.45) is 2.51. The van der Waals surface area contributed by atoms with E-state index in [0.29, 0.717) is 18.6 Å². The van der Waals surface area contributed by atoms with Gasteiger partial charge in [-0.25, -0.2) is 0 Å². The van der Waals surface area contributed by atoms with Crippen molar-refractivity contribution >= 4 is 23.2 Å². The number of likely N-dealkylation sites (tertiary alicyclic amines) is 1. The Labute approximate surface area is 208 Å². The third kappa shape index (κ3) is 6.64. The molecule has 33 heavy (non-hydrogen) atoms. The fraction of sp³-hybridized carbons (Fsp3) is 0.556. The molecule has 2 fully saturated rings. The van der Waals surface area contributed by atoms with Gasteiger partial charge in [-0.15, -0.1) is 0 Å². The molecule has 2 aliphatic rings. The van der Waals surface area contributed by atoms with Crippen LogP contribution in [0.15, 0.2) is 36.4 Å². The summed E-state index contributed by atoms with van der Waals surface area (Å²) in [5, 5.41) is 1.60. The molecule has 0 aliphatic carbocycles. The lowest BCUT2D eigenvalue weighted by Crippen LogP contribution is -2.52. The largest absolute Gasteiger partial charge is 0.491 e. The second kappa shape index (κ2) is 11.4. The molecule has 1 unspecified atom stereocenters. The van der Waals surface area contributed by atoms with Gasteiger partial charge >= 0.3 is 0 Å². The summed E-state index contributed by atoms with van der Waals surface area (Å²) in [4.78, 5) is 5.17. The minimum atomic E-state index is 0.0989. The van der Waals surface area contributed by atoms with Crippen LogP contribution in [0.2, 0.25) is 10.0 Å². The van der Waals surface area contributed by atoms with Crippen molar-refractivity contribution in [3.63, 3.8) is 0 Å². The van der Waals surface area contributed by atoms with Gasteiger partial charge in [0.2, 0.25) is 0 Å². The van der Waals surface area contributed by atoms with Crippen LogP contribution in [0, 0.1) is 6.92 Å². The quantitative estimate of drug-likeness (QED) is 0.463. The van der Waals surface area contributed by atoms with Gasteiger partial charge in [-0.05, 0) is 79.7 Å². The van der Waals surface area contributed by atoms with Crippen molar-refractivity contribution in [1.29, 1.82) is 0 Å². The van der Waals surface area contributed by atoms with Gasteiger partial charge in [-0.1, -0.05) is 49.2 Å². The Balaban J connectivity index is 1.27. The zero-order chi connectivity index (χ0) is 23.4. The third-order valence-electron chi connectivity index (χ3n) is 6.90. The molecule has 0 aromatic heterocycles. The van der Waals surface area contributed by atoms with Crippen LogP contribution in [0.25, 0.3) is 0 Å². The highest BCUT2D eigenvalue weighted by Crippen LogP contribution is 2.32. The van der Waals surface area contributed by atoms with E-state index in [1.807, 2.05) is 25.1 Å². The molecule has 180 valence electrons. The van der Waals surface area contributed by atoms with E-state index in [0.717, 1.165) is 66.3 Å². The Morgan fingerprint density at radius 1 is 1.06 bits per heavy atom. The van der Waals surface area contributed by atoms with Crippen molar-refractivity contribution < 1.29 is 9.47 Å². The number of nitrogens with zero attached hydrogens (tertiary/aromatic N) is 2. The van der Waals surface area contributed by atoms with Crippen LogP contribution in [-0.4, -0.2) is 61.3 Å². The number of hydrogen-bond acceptors (Lipinski definition) is 4. The van der Waals surface area contributed by atoms with Crippen LogP contribution >= 0.6 is 23.2 Å². The van der Waals surface area contributed by atoms with Crippen molar-refractivity contribution in [2.24, 2.45) is 0 Å². The Kier molecular flexibility index (Phi) is 8.59. The van der Waals surface area contributed by atoms with E-state index in [1.165, 1.54) is 18.4 Å². The fourth-order valence-corrected chi connectivity index (χ4v) is 5.19. The summed E-state index contributed by atoms with van der Waals surface area (Å²) in [6.45, 7) is 12.9. The summed E-state index contributed by atoms with van der Waals surface area (Å²) >= 11 is 12.4. The number of rotatable bonds is 7. The van der Waals surface area contributed by atoms with E-state index in [1.54, 1.807) is 0 Å². The monoisotopic (exact) mass is 490 g/mol. The maximum absolute atomic E-state index is 6.35. The molecule has 0 spiro atoms. The first-order valence-corrected chi connectivity index (χ1v) is 12.9. The molecule has 2 saturated heterocycles. The van der Waals surface area contributed by atoms with Crippen molar-refractivity contribution in [1.82, 2.24) is 9.80 Å². The topological polar surface area (TPSA) is 24.9 Å². The van der Waals surface area contributed by atoms with E-state index < -0.39 is 0 Å². The normalized spacial score (nSPS) is 21.0. The molecule has 0 bridgehead atoms. The molecule has 2 aromatic carbocycles. The van der Waals surface area contributed by atoms with E-state index in [-0.39, 0.29) is 6.10 Å². The summed E-state index contributed by atoms with van der Waals surface area (Å²) < 4.78 is 12.3. The molecule has 0 N–H and O–H groups in total. The first-order chi connectivity index (χ1) is 15.9. The lowest BCUT2D eigenvalue weighted by Gasteiger charge is -2.42. The summed E-state index contributed by atoms with van der Waals surface area (Å²) in [7, 11) is 0. The van der Waals surface area contributed by atoms with Gasteiger partial charge in [-0.2, -0.15) is 0 Å². The Morgan fingerprint density at radius 2 is 1.79 bits per heavy atom. The molecule has 4 nitrogen and oxygen atoms in total. The molecule has 1 atom stereocenters. The molecular formula is C27H36Cl2N2O2. The number of halogens is 2. The summed E-state index contributed by atoms with van der Waals surface area (Å²) in [6, 6.07) is 13.0. The highest BCUT2D eigenvalue weighted by atomic mass is 35.5. The first kappa shape index (κ1) is 24.8. The Bertz CT molecular complexity index is 911. The number of piperidine rings is 1. The number of morpholine rings is 1. The first-order valence-electron chi connectivity index (χ1n) is 12.1. The SMILES string of the molecule is Cc1cc(OCC2CN(C3CCN(Cc4ccc(Cl)cc4)CC3)CCO2)c(C(C)C)cc1Cl. The van der Waals surface area contributed by atoms with E-state index in [4.69, 9.17) is 32.7 Å². The lowest BCUT2D eigenvalue weighted by molar-refractivity contribution is -0.0675. The van der Waals surface area contributed by atoms with Gasteiger partial charge in [0.15, 0.2) is 0 Å². The summed E-state index contributed by atoms with van der Waals surface area (Å²) in [5.74, 6) is 1.29. The minimum absolute atomic E-state index is 0.0989. The lowest BCUT2D eigenvalue weighted by atomic mass is 10.0. The van der Waals surface area contributed by atoms with Gasteiger partial charge in [0.1, 0.15) is 18.5 Å². The molecule has 2 heterocycles. The van der Waals surface area contributed by atoms with Crippen LogP contribution in [0.5, 0.6) is 5.75 Å². The van der Waals surface area contributed by atoms with Crippen LogP contribution in [-0.2, 0) is 11.3 Å². The Hall–Kier alpha value is -1.30. The van der Waals surface area contributed by atoms with Gasteiger partial charge in [-0.3, -0.25) is 9.80 Å². The Morgan fingerprint density at radius 3 is 2.48 bits per heavy atom. The van der Waals surface area contributed by atoms with Crippen molar-refractivity contribution in [2.75, 3.05) is 39.4 Å². The van der Waals surface area contributed by atoms with Crippen LogP contribution < -0.4 is 4.74 Å². The van der Waals surface area contributed by atoms with Crippen molar-refractivity contribution in [3.05, 3.63) is 63.1 Å². The maximum Gasteiger partial charge on any atom is 0.123 e. The van der Waals surface area contributed by atoms with Crippen molar-refractivity contribution in [2.45, 2.75) is 58.2 Å². The van der Waals surface area contributed by atoms with Crippen LogP contribution in [0.3, 0.4) is 0 Å². The summed E-state index contributed by atoms with van der Waals surface area (Å²) in [5.41, 5.74) is 3.54. The molecule has 6 heteroatoms. The van der Waals surface area contributed by atoms with Gasteiger partial charge in [0, 0.05) is 35.7 Å². The van der Waals surface area contributed by atoms with Gasteiger partial charge in [0.05, 0.1) is 6.61 Å². The third-order valence-corrected chi connectivity index (χ3v) is 7.56. The average molecular weight is 492 g/mol. The second-order valence-corrected chi connectivity index (χ2v) is 10.6. The van der Waals surface area contributed by atoms with E-state index in [9.17, 15) is 0 Å². The van der Waals surface area contributed by atoms with E-state index in [2.05, 4.69) is 41.8 Å². The number of hydrogen-bond donors (Lipinski definition) is 0. The zero-order valence-electron chi connectivity index (χ0n) is 20.0. The maximum atomic E-state index is 6.35. The predicted octanol–water partition coefficient (Wildman–Crippen LogP) is 6.17. The number of ether oxygens (including phenoxy) is 2. The molecule has 2 aromatic rings. The smallest absolute Gasteiger partial charge is 0.123 e. The van der Waals surface area contributed by atoms with Gasteiger partial charge in [0.25, 0.3) is 0 Å². The minimum Gasteiger partial charge on any atom is -0.491 e. The molecular weight excluding hydrogens is 455 g/mol. The molecule has 2 aliphatic heterocycles. The van der Waals surface area contributed by atoms with Crippen molar-refractivity contribution in [3.8, 4) is 5.75 Å². The van der Waals surface area contributed by atoms with Crippen LogP contribution in [0.1, 0.15) is 49.3 Å². The number of aryl methyl sites for hydroxylation is 1. The number of benzene rings is 2. The standard InChI is InChI=1S/C27H36Cl2N2O2/c1-19(2)25-15-26(29)20(3)14-27(25)33-18-24-17-31(12-13-32-24)23-8-10-30(11-9-23)16-21-4-6-22(28)7-5-21/h4-7,14-15,19,23-24H,8-13,16-18H2,1-3H3. The van der Waals surface area contributed by atoms with Gasteiger partial charge < -0.3 is 9.47 Å². The predicted molar refractivity (Wildman–Crippen MR) is 137 cm³/mol. The molecule has 0 amide bonds. The fourth-order valence-electron chi connectivity index (χ4n) is 4.89. The van der Waals surface area contributed by atoms with Crippen LogP contribution in [0.4, 0.5) is 0 Å². The molecule has 4 rings (SSSR count). The zero-order valence-corrected chi connectivity index (χ0v) is 21.5. The molecule has 0 radical (unpaired) electrons. The highest BCUT2D eigenvalue weighted by Gasteiger charge is 2.30. The molecule has 0 saturated carbocycles. The average Bonchev–Trinajstić information content (AvgIpc) is 2.81. The second-order valence-electron chi connectivity index (χ2n) is 9.73. The van der Waals surface area contributed by atoms with E-state index >= 15 is 0 Å². The highest BCUT2D eigenvalue weighted by molar-refractivity contribution is 6.31.